The van der Waals surface area contributed by atoms with E-state index in [0.717, 1.165) is 18.8 Å². The zero-order chi connectivity index (χ0) is 28.1. The zero-order valence-corrected chi connectivity index (χ0v) is 19.6. The number of carboxylic acid groups (broad SMARTS) is 1. The highest BCUT2D eigenvalue weighted by molar-refractivity contribution is 5.87. The maximum Gasteiger partial charge on any atom is 0.416 e. The number of carbonyl (C=O) groups excluding carboxylic acids is 1. The van der Waals surface area contributed by atoms with Crippen LogP contribution in [0.2, 0.25) is 0 Å². The number of alkyl halides is 6. The molecule has 3 aromatic carbocycles. The quantitative estimate of drug-likeness (QED) is 0.281. The van der Waals surface area contributed by atoms with Crippen LogP contribution in [-0.4, -0.2) is 30.5 Å². The smallest absolute Gasteiger partial charge is 0.416 e. The Kier molecular flexibility index (Phi) is 12.3. The van der Waals surface area contributed by atoms with E-state index in [1.165, 1.54) is 5.56 Å². The number of aromatic carboxylic acids is 1. The van der Waals surface area contributed by atoms with Gasteiger partial charge in [0.15, 0.2) is 0 Å². The Morgan fingerprint density at radius 3 is 1.76 bits per heavy atom. The van der Waals surface area contributed by atoms with Crippen LogP contribution >= 0.6 is 0 Å². The third-order valence-corrected chi connectivity index (χ3v) is 4.43. The lowest BCUT2D eigenvalue weighted by molar-refractivity contribution is -0.143. The van der Waals surface area contributed by atoms with Crippen molar-refractivity contribution in [1.82, 2.24) is 0 Å². The summed E-state index contributed by atoms with van der Waals surface area (Å²) in [4.78, 5) is 20.4. The van der Waals surface area contributed by atoms with Gasteiger partial charge in [-0.15, -0.1) is 0 Å². The molecule has 3 rings (SSSR count). The second kappa shape index (κ2) is 14.6. The molecule has 0 aliphatic rings. The number of rotatable bonds is 6. The van der Waals surface area contributed by atoms with Gasteiger partial charge in [-0.3, -0.25) is 4.79 Å². The molecule has 0 heterocycles. The van der Waals surface area contributed by atoms with E-state index in [4.69, 9.17) is 15.6 Å². The Bertz CT molecular complexity index is 1060. The first-order valence-corrected chi connectivity index (χ1v) is 10.8. The number of hydrogen-bond acceptors (Lipinski definition) is 4. The minimum absolute atomic E-state index is 0.0347. The number of benzene rings is 3. The van der Waals surface area contributed by atoms with Crippen molar-refractivity contribution in [2.45, 2.75) is 25.7 Å². The maximum atomic E-state index is 12.2. The molecule has 0 saturated carbocycles. The molecule has 0 aliphatic heterocycles. The van der Waals surface area contributed by atoms with E-state index in [2.05, 4.69) is 12.1 Å². The minimum Gasteiger partial charge on any atom is -0.494 e. The fourth-order valence-electron chi connectivity index (χ4n) is 2.71. The third-order valence-electron chi connectivity index (χ3n) is 4.43. The van der Waals surface area contributed by atoms with Gasteiger partial charge in [-0.05, 0) is 67.9 Å². The predicted octanol–water partition coefficient (Wildman–Crippen LogP) is 6.51. The standard InChI is InChI=1S/C10H15NO.C9H4F6O.C7H6O2/c1-2-12-10-5-3-9(4-6-10)7-8-11;10-8(11,12)6-1-5(4-16)2-7(3-6)9(13,14)15;8-7(9)6-4-2-1-3-5-6/h3-6H,2,7-8,11H2,1H3;1-4H;1-5H,(H,8,9). The monoisotopic (exact) mass is 529 g/mol. The zero-order valence-electron chi connectivity index (χ0n) is 19.6. The molecule has 0 fully saturated rings. The summed E-state index contributed by atoms with van der Waals surface area (Å²) in [5, 5.41) is 8.38. The van der Waals surface area contributed by atoms with Crippen LogP contribution in [0.3, 0.4) is 0 Å². The van der Waals surface area contributed by atoms with Crippen LogP contribution in [0, 0.1) is 0 Å². The van der Waals surface area contributed by atoms with E-state index < -0.39 is 35.0 Å². The van der Waals surface area contributed by atoms with Crippen LogP contribution in [0.25, 0.3) is 0 Å². The number of aldehydes is 1. The first kappa shape index (κ1) is 31.2. The van der Waals surface area contributed by atoms with Gasteiger partial charge in [0.25, 0.3) is 0 Å². The largest absolute Gasteiger partial charge is 0.494 e. The second-order valence-corrected chi connectivity index (χ2v) is 7.24. The van der Waals surface area contributed by atoms with Gasteiger partial charge < -0.3 is 15.6 Å². The van der Waals surface area contributed by atoms with E-state index >= 15 is 0 Å². The topological polar surface area (TPSA) is 89.6 Å². The molecule has 37 heavy (non-hydrogen) atoms. The van der Waals surface area contributed by atoms with Gasteiger partial charge in [0, 0.05) is 5.56 Å². The average molecular weight is 529 g/mol. The van der Waals surface area contributed by atoms with Crippen molar-refractivity contribution in [2.24, 2.45) is 5.73 Å². The highest BCUT2D eigenvalue weighted by atomic mass is 19.4. The van der Waals surface area contributed by atoms with Crippen LogP contribution < -0.4 is 10.5 Å². The average Bonchev–Trinajstić information content (AvgIpc) is 2.85. The Labute approximate surface area is 209 Å². The van der Waals surface area contributed by atoms with E-state index in [0.29, 0.717) is 24.2 Å². The SMILES string of the molecule is CCOc1ccc(CCN)cc1.O=C(O)c1ccccc1.O=Cc1cc(C(F)(F)F)cc(C(F)(F)F)c1. The van der Waals surface area contributed by atoms with Gasteiger partial charge in [0.1, 0.15) is 12.0 Å². The van der Waals surface area contributed by atoms with E-state index in [1.807, 2.05) is 19.1 Å². The molecule has 0 aromatic heterocycles. The highest BCUT2D eigenvalue weighted by Gasteiger charge is 2.36. The predicted molar refractivity (Wildman–Crippen MR) is 126 cm³/mol. The normalized spacial score (nSPS) is 10.8. The minimum atomic E-state index is -4.92. The number of ether oxygens (including phenoxy) is 1. The van der Waals surface area contributed by atoms with Crippen LogP contribution in [0.15, 0.2) is 72.8 Å². The molecule has 0 unspecified atom stereocenters. The Balaban J connectivity index is 0.000000289. The van der Waals surface area contributed by atoms with Crippen LogP contribution in [0.4, 0.5) is 26.3 Å². The molecule has 0 bridgehead atoms. The molecule has 0 amide bonds. The Morgan fingerprint density at radius 1 is 0.892 bits per heavy atom. The molecule has 11 heteroatoms. The number of carbonyl (C=O) groups is 2. The molecule has 0 radical (unpaired) electrons. The Hall–Kier alpha value is -3.86. The van der Waals surface area contributed by atoms with Gasteiger partial charge in [-0.25, -0.2) is 4.79 Å². The van der Waals surface area contributed by atoms with Crippen molar-refractivity contribution < 1.29 is 45.8 Å². The van der Waals surface area contributed by atoms with Crippen molar-refractivity contribution in [3.63, 3.8) is 0 Å². The van der Waals surface area contributed by atoms with Gasteiger partial charge in [0.05, 0.1) is 23.3 Å². The first-order chi connectivity index (χ1) is 17.3. The van der Waals surface area contributed by atoms with Crippen molar-refractivity contribution in [1.29, 1.82) is 0 Å². The molecular formula is C26H25F6NO4. The summed E-state index contributed by atoms with van der Waals surface area (Å²) in [5.41, 5.74) is 3.37. The lowest BCUT2D eigenvalue weighted by Crippen LogP contribution is -2.11. The van der Waals surface area contributed by atoms with Gasteiger partial charge in [0.2, 0.25) is 0 Å². The molecule has 3 N–H and O–H groups in total. The summed E-state index contributed by atoms with van der Waals surface area (Å²) >= 11 is 0. The molecular weight excluding hydrogens is 504 g/mol. The molecule has 3 aromatic rings. The summed E-state index contributed by atoms with van der Waals surface area (Å²) in [6, 6.07) is 17.1. The third kappa shape index (κ3) is 11.6. The molecule has 0 aliphatic carbocycles. The molecule has 0 spiro atoms. The number of hydrogen-bond donors (Lipinski definition) is 2. The van der Waals surface area contributed by atoms with Crippen molar-refractivity contribution in [2.75, 3.05) is 13.2 Å². The number of nitrogens with two attached hydrogens (primary N) is 1. The van der Waals surface area contributed by atoms with Crippen LogP contribution in [-0.2, 0) is 18.8 Å². The van der Waals surface area contributed by atoms with Crippen LogP contribution in [0.1, 0.15) is 44.3 Å². The van der Waals surface area contributed by atoms with Crippen molar-refractivity contribution >= 4 is 12.3 Å². The summed E-state index contributed by atoms with van der Waals surface area (Å²) in [6.07, 6.45) is -8.96. The van der Waals surface area contributed by atoms with Crippen molar-refractivity contribution in [3.8, 4) is 5.75 Å². The molecule has 5 nitrogen and oxygen atoms in total. The molecule has 200 valence electrons. The first-order valence-electron chi connectivity index (χ1n) is 10.8. The lowest BCUT2D eigenvalue weighted by Gasteiger charge is -2.12. The number of carboxylic acids is 1. The summed E-state index contributed by atoms with van der Waals surface area (Å²) in [6.45, 7) is 3.40. The van der Waals surface area contributed by atoms with E-state index in [9.17, 15) is 35.9 Å². The van der Waals surface area contributed by atoms with Crippen molar-refractivity contribution in [3.05, 3.63) is 101 Å². The fourth-order valence-corrected chi connectivity index (χ4v) is 2.71. The highest BCUT2D eigenvalue weighted by Crippen LogP contribution is 2.35. The molecule has 0 saturated heterocycles. The Morgan fingerprint density at radius 2 is 1.41 bits per heavy atom. The fraction of sp³-hybridized carbons (Fsp3) is 0.231. The number of halogens is 6. The van der Waals surface area contributed by atoms with Gasteiger partial charge in [-0.1, -0.05) is 30.3 Å². The van der Waals surface area contributed by atoms with Crippen LogP contribution in [0.5, 0.6) is 5.75 Å². The second-order valence-electron chi connectivity index (χ2n) is 7.24. The van der Waals surface area contributed by atoms with E-state index in [1.54, 1.807) is 30.3 Å². The van der Waals surface area contributed by atoms with Gasteiger partial charge >= 0.3 is 18.3 Å². The van der Waals surface area contributed by atoms with Gasteiger partial charge in [-0.2, -0.15) is 26.3 Å². The molecule has 0 atom stereocenters. The summed E-state index contributed by atoms with van der Waals surface area (Å²) < 4.78 is 78.4. The lowest BCUT2D eigenvalue weighted by atomic mass is 10.1. The van der Waals surface area contributed by atoms with E-state index in [-0.39, 0.29) is 12.4 Å². The summed E-state index contributed by atoms with van der Waals surface area (Å²) in [5.74, 6) is 0.0499. The maximum absolute atomic E-state index is 12.2. The summed E-state index contributed by atoms with van der Waals surface area (Å²) in [7, 11) is 0.